The number of nitrogens with two attached hydrogens (primary N) is 1. The number of hydrogen-bond donors (Lipinski definition) is 4. The van der Waals surface area contributed by atoms with Crippen molar-refractivity contribution in [1.82, 2.24) is 5.32 Å². The van der Waals surface area contributed by atoms with E-state index in [-0.39, 0.29) is 19.3 Å². The van der Waals surface area contributed by atoms with E-state index in [0.29, 0.717) is 18.3 Å². The predicted octanol–water partition coefficient (Wildman–Crippen LogP) is 4.03. The number of benzene rings is 2. The molecule has 0 aliphatic carbocycles. The molecule has 0 aliphatic rings. The molecule has 0 saturated carbocycles. The summed E-state index contributed by atoms with van der Waals surface area (Å²) in [4.78, 5) is 0. The Morgan fingerprint density at radius 1 is 0.852 bits per heavy atom. The molecule has 152 valence electrons. The molecular formula is C22H35ClN2O2. The van der Waals surface area contributed by atoms with E-state index < -0.39 is 0 Å². The van der Waals surface area contributed by atoms with Gasteiger partial charge in [-0.15, -0.1) is 11.6 Å². The van der Waals surface area contributed by atoms with Gasteiger partial charge in [0.25, 0.3) is 0 Å². The summed E-state index contributed by atoms with van der Waals surface area (Å²) in [6.07, 6.45) is 1.53. The molecule has 0 aliphatic heterocycles. The van der Waals surface area contributed by atoms with Crippen molar-refractivity contribution in [2.75, 3.05) is 25.6 Å². The second-order valence-electron chi connectivity index (χ2n) is 6.13. The summed E-state index contributed by atoms with van der Waals surface area (Å²) in [5.74, 6) is 0.566. The fraction of sp³-hybridized carbons (Fsp3) is 0.455. The van der Waals surface area contributed by atoms with Crippen molar-refractivity contribution < 1.29 is 10.2 Å². The van der Waals surface area contributed by atoms with Gasteiger partial charge in [-0.1, -0.05) is 60.7 Å². The number of rotatable bonds is 8. The lowest BCUT2D eigenvalue weighted by molar-refractivity contribution is 0.284. The van der Waals surface area contributed by atoms with E-state index in [1.54, 1.807) is 0 Å². The van der Waals surface area contributed by atoms with E-state index in [9.17, 15) is 0 Å². The monoisotopic (exact) mass is 394 g/mol. The van der Waals surface area contributed by atoms with Gasteiger partial charge in [0.1, 0.15) is 0 Å². The minimum Gasteiger partial charge on any atom is -0.396 e. The molecule has 2 aromatic rings. The van der Waals surface area contributed by atoms with E-state index >= 15 is 0 Å². The molecule has 0 heterocycles. The van der Waals surface area contributed by atoms with Gasteiger partial charge in [0, 0.05) is 31.2 Å². The van der Waals surface area contributed by atoms with Crippen molar-refractivity contribution in [3.63, 3.8) is 0 Å². The number of aliphatic hydroxyl groups is 2. The van der Waals surface area contributed by atoms with Crippen molar-refractivity contribution >= 4 is 11.6 Å². The molecule has 0 aromatic heterocycles. The van der Waals surface area contributed by atoms with Gasteiger partial charge in [-0.3, -0.25) is 0 Å². The van der Waals surface area contributed by atoms with Crippen LogP contribution in [0.2, 0.25) is 0 Å². The van der Waals surface area contributed by atoms with E-state index in [4.69, 9.17) is 27.5 Å². The first kappa shape index (κ1) is 25.6. The third kappa shape index (κ3) is 14.3. The summed E-state index contributed by atoms with van der Waals surface area (Å²) in [5.41, 5.74) is 8.10. The van der Waals surface area contributed by atoms with Crippen LogP contribution in [0.1, 0.15) is 49.9 Å². The van der Waals surface area contributed by atoms with Gasteiger partial charge in [-0.25, -0.2) is 0 Å². The molecule has 2 unspecified atom stereocenters. The third-order valence-electron chi connectivity index (χ3n) is 3.70. The van der Waals surface area contributed by atoms with Gasteiger partial charge in [-0.2, -0.15) is 0 Å². The standard InChI is InChI=1S/C11H17NO.C8H11N.C3H7ClO/c1-10(12-8-5-9-13)11-6-3-2-4-7-11;1-7(9)8-5-3-2-4-6-8;4-2-1-3-5/h2-4,6-7,10,12-13H,5,8-9H2,1H3;2-7H,9H2,1H3;5H,1-3H2. The van der Waals surface area contributed by atoms with Crippen molar-refractivity contribution in [3.8, 4) is 0 Å². The lowest BCUT2D eigenvalue weighted by atomic mass is 10.1. The summed E-state index contributed by atoms with van der Waals surface area (Å²) >= 11 is 5.14. The van der Waals surface area contributed by atoms with Crippen LogP contribution in [0.15, 0.2) is 60.7 Å². The Labute approximate surface area is 169 Å². The zero-order valence-electron chi connectivity index (χ0n) is 16.5. The fourth-order valence-electron chi connectivity index (χ4n) is 2.07. The third-order valence-corrected chi connectivity index (χ3v) is 3.97. The first-order chi connectivity index (χ1) is 13.1. The highest BCUT2D eigenvalue weighted by Gasteiger charge is 2.01. The zero-order chi connectivity index (χ0) is 20.3. The molecule has 2 aromatic carbocycles. The lowest BCUT2D eigenvalue weighted by Gasteiger charge is -2.13. The second-order valence-corrected chi connectivity index (χ2v) is 6.51. The molecule has 2 rings (SSSR count). The maximum absolute atomic E-state index is 8.61. The second kappa shape index (κ2) is 18.0. The zero-order valence-corrected chi connectivity index (χ0v) is 17.3. The summed E-state index contributed by atoms with van der Waals surface area (Å²) < 4.78 is 0. The average Bonchev–Trinajstić information content (AvgIpc) is 2.71. The van der Waals surface area contributed by atoms with Crippen LogP contribution in [0.5, 0.6) is 0 Å². The molecule has 4 nitrogen and oxygen atoms in total. The molecule has 0 bridgehead atoms. The first-order valence-electron chi connectivity index (χ1n) is 9.43. The van der Waals surface area contributed by atoms with Crippen LogP contribution in [-0.4, -0.2) is 35.9 Å². The molecule has 0 spiro atoms. The largest absolute Gasteiger partial charge is 0.396 e. The van der Waals surface area contributed by atoms with Crippen molar-refractivity contribution in [2.24, 2.45) is 5.73 Å². The summed E-state index contributed by atoms with van der Waals surface area (Å²) in [6.45, 7) is 5.45. The Hall–Kier alpha value is -1.43. The highest BCUT2D eigenvalue weighted by atomic mass is 35.5. The maximum Gasteiger partial charge on any atom is 0.0443 e. The van der Waals surface area contributed by atoms with Crippen LogP contribution in [0.25, 0.3) is 0 Å². The van der Waals surface area contributed by atoms with Crippen molar-refractivity contribution in [2.45, 2.75) is 38.8 Å². The van der Waals surface area contributed by atoms with Gasteiger partial charge < -0.3 is 21.3 Å². The summed E-state index contributed by atoms with van der Waals surface area (Å²) in [7, 11) is 0. The SMILES string of the molecule is CC(N)c1ccccc1.CC(NCCCO)c1ccccc1.OCCCCl. The number of aliphatic hydroxyl groups excluding tert-OH is 2. The molecule has 0 radical (unpaired) electrons. The first-order valence-corrected chi connectivity index (χ1v) is 9.96. The quantitative estimate of drug-likeness (QED) is 0.402. The number of hydrogen-bond acceptors (Lipinski definition) is 4. The number of nitrogens with one attached hydrogen (secondary N) is 1. The molecule has 0 amide bonds. The molecular weight excluding hydrogens is 360 g/mol. The smallest absolute Gasteiger partial charge is 0.0443 e. The maximum atomic E-state index is 8.61. The normalized spacial score (nSPS) is 12.1. The topological polar surface area (TPSA) is 78.5 Å². The number of halogens is 1. The molecule has 0 saturated heterocycles. The summed E-state index contributed by atoms with van der Waals surface area (Å²) in [6, 6.07) is 20.9. The minimum absolute atomic E-state index is 0.159. The lowest BCUT2D eigenvalue weighted by Crippen LogP contribution is -2.20. The van der Waals surface area contributed by atoms with Gasteiger partial charge in [0.05, 0.1) is 0 Å². The Balaban J connectivity index is 0.000000419. The van der Waals surface area contributed by atoms with Crippen LogP contribution >= 0.6 is 11.6 Å². The van der Waals surface area contributed by atoms with Crippen LogP contribution in [-0.2, 0) is 0 Å². The predicted molar refractivity (Wildman–Crippen MR) is 116 cm³/mol. The Morgan fingerprint density at radius 3 is 1.67 bits per heavy atom. The Kier molecular flexibility index (Phi) is 17.0. The van der Waals surface area contributed by atoms with Gasteiger partial charge in [0.2, 0.25) is 0 Å². The van der Waals surface area contributed by atoms with Crippen molar-refractivity contribution in [1.29, 1.82) is 0 Å². The fourth-order valence-corrected chi connectivity index (χ4v) is 2.19. The van der Waals surface area contributed by atoms with Crippen molar-refractivity contribution in [3.05, 3.63) is 71.8 Å². The van der Waals surface area contributed by atoms with Gasteiger partial charge >= 0.3 is 0 Å². The molecule has 5 N–H and O–H groups in total. The van der Waals surface area contributed by atoms with E-state index in [1.165, 1.54) is 11.1 Å². The van der Waals surface area contributed by atoms with Crippen LogP contribution in [0.4, 0.5) is 0 Å². The van der Waals surface area contributed by atoms with Gasteiger partial charge in [-0.05, 0) is 44.4 Å². The van der Waals surface area contributed by atoms with Crippen LogP contribution in [0.3, 0.4) is 0 Å². The molecule has 27 heavy (non-hydrogen) atoms. The van der Waals surface area contributed by atoms with Crippen LogP contribution in [0, 0.1) is 0 Å². The Morgan fingerprint density at radius 2 is 1.33 bits per heavy atom. The van der Waals surface area contributed by atoms with E-state index in [1.807, 2.05) is 55.5 Å². The molecule has 2 atom stereocenters. The van der Waals surface area contributed by atoms with E-state index in [2.05, 4.69) is 24.4 Å². The molecule has 5 heteroatoms. The Bertz CT molecular complexity index is 537. The summed E-state index contributed by atoms with van der Waals surface area (Å²) in [5, 5.41) is 19.9. The molecule has 0 fully saturated rings. The minimum atomic E-state index is 0.159. The number of alkyl halides is 1. The highest BCUT2D eigenvalue weighted by molar-refractivity contribution is 6.17. The van der Waals surface area contributed by atoms with Gasteiger partial charge in [0.15, 0.2) is 0 Å². The van der Waals surface area contributed by atoms with Crippen LogP contribution < -0.4 is 11.1 Å². The highest BCUT2D eigenvalue weighted by Crippen LogP contribution is 2.10. The van der Waals surface area contributed by atoms with E-state index in [0.717, 1.165) is 13.0 Å². The average molecular weight is 395 g/mol.